The summed E-state index contributed by atoms with van der Waals surface area (Å²) in [5.41, 5.74) is -0.465. The summed E-state index contributed by atoms with van der Waals surface area (Å²) in [5, 5.41) is 13.0. The van der Waals surface area contributed by atoms with Gasteiger partial charge in [0.05, 0.1) is 18.7 Å². The van der Waals surface area contributed by atoms with E-state index >= 15 is 0 Å². The van der Waals surface area contributed by atoms with Crippen molar-refractivity contribution in [2.75, 3.05) is 26.2 Å². The largest absolute Gasteiger partial charge is 0.394 e. The first-order chi connectivity index (χ1) is 10.6. The minimum Gasteiger partial charge on any atom is -0.394 e. The average molecular weight is 306 g/mol. The van der Waals surface area contributed by atoms with Crippen molar-refractivity contribution in [2.45, 2.75) is 57.4 Å². The van der Waals surface area contributed by atoms with Gasteiger partial charge in [-0.25, -0.2) is 0 Å². The first-order valence-corrected chi connectivity index (χ1v) is 8.68. The van der Waals surface area contributed by atoms with Gasteiger partial charge >= 0.3 is 0 Å². The number of carbonyl (C=O) groups is 1. The Bertz CT molecular complexity index is 404. The second-order valence-corrected chi connectivity index (χ2v) is 7.15. The number of likely N-dealkylation sites (tertiary alicyclic amines) is 1. The number of carbonyl (C=O) groups excluding carboxylic acids is 1. The molecule has 2 aliphatic rings. The number of piperidine rings is 1. The summed E-state index contributed by atoms with van der Waals surface area (Å²) in [4.78, 5) is 14.8. The Morgan fingerprint density at radius 3 is 2.45 bits per heavy atom. The van der Waals surface area contributed by atoms with Gasteiger partial charge in [-0.05, 0) is 51.6 Å². The Morgan fingerprint density at radius 2 is 1.91 bits per heavy atom. The Kier molecular flexibility index (Phi) is 6.28. The van der Waals surface area contributed by atoms with Crippen LogP contribution in [0.5, 0.6) is 0 Å². The fourth-order valence-electron chi connectivity index (χ4n) is 3.88. The molecular formula is C18H30N2O2. The Balaban J connectivity index is 1.88. The molecule has 0 radical (unpaired) electrons. The summed E-state index contributed by atoms with van der Waals surface area (Å²) in [5.74, 6) is 3.24. The lowest BCUT2D eigenvalue weighted by Crippen LogP contribution is -2.56. The second kappa shape index (κ2) is 7.99. The smallest absolute Gasteiger partial charge is 0.223 e. The first kappa shape index (κ1) is 17.3. The molecular weight excluding hydrogens is 276 g/mol. The van der Waals surface area contributed by atoms with Gasteiger partial charge in [0, 0.05) is 5.92 Å². The summed E-state index contributed by atoms with van der Waals surface area (Å²) in [7, 11) is 0. The van der Waals surface area contributed by atoms with Crippen molar-refractivity contribution in [2.24, 2.45) is 11.8 Å². The van der Waals surface area contributed by atoms with E-state index in [1.54, 1.807) is 0 Å². The van der Waals surface area contributed by atoms with E-state index in [0.717, 1.165) is 38.8 Å². The molecule has 22 heavy (non-hydrogen) atoms. The molecule has 1 saturated carbocycles. The molecule has 1 aliphatic heterocycles. The fraction of sp³-hybridized carbons (Fsp3) is 0.833. The minimum absolute atomic E-state index is 0.0271. The second-order valence-electron chi connectivity index (χ2n) is 7.15. The highest BCUT2D eigenvalue weighted by Gasteiger charge is 2.37. The highest BCUT2D eigenvalue weighted by Crippen LogP contribution is 2.33. The van der Waals surface area contributed by atoms with Crippen LogP contribution < -0.4 is 5.32 Å². The number of rotatable bonds is 5. The van der Waals surface area contributed by atoms with Gasteiger partial charge < -0.3 is 10.4 Å². The van der Waals surface area contributed by atoms with E-state index in [9.17, 15) is 9.90 Å². The normalized spacial score (nSPS) is 24.4. The fourth-order valence-corrected chi connectivity index (χ4v) is 3.88. The van der Waals surface area contributed by atoms with E-state index < -0.39 is 5.54 Å². The highest BCUT2D eigenvalue weighted by atomic mass is 16.3. The Labute approximate surface area is 134 Å². The molecule has 0 aromatic carbocycles. The predicted molar refractivity (Wildman–Crippen MR) is 88.2 cm³/mol. The Morgan fingerprint density at radius 1 is 1.27 bits per heavy atom. The molecule has 0 bridgehead atoms. The third kappa shape index (κ3) is 4.24. The predicted octanol–water partition coefficient (Wildman–Crippen LogP) is 1.78. The molecule has 2 N–H and O–H groups in total. The van der Waals surface area contributed by atoms with Crippen LogP contribution in [0.4, 0.5) is 0 Å². The van der Waals surface area contributed by atoms with Gasteiger partial charge in [0.25, 0.3) is 0 Å². The van der Waals surface area contributed by atoms with Gasteiger partial charge in [-0.3, -0.25) is 9.69 Å². The van der Waals surface area contributed by atoms with Crippen LogP contribution in [-0.2, 0) is 4.79 Å². The van der Waals surface area contributed by atoms with Crippen molar-refractivity contribution >= 4 is 5.91 Å². The number of nitrogens with one attached hydrogen (secondary N) is 1. The van der Waals surface area contributed by atoms with E-state index in [-0.39, 0.29) is 18.4 Å². The summed E-state index contributed by atoms with van der Waals surface area (Å²) in [6, 6.07) is 0. The van der Waals surface area contributed by atoms with Crippen LogP contribution in [0.25, 0.3) is 0 Å². The maximum Gasteiger partial charge on any atom is 0.223 e. The lowest BCUT2D eigenvalue weighted by Gasteiger charge is -2.41. The summed E-state index contributed by atoms with van der Waals surface area (Å²) in [6.45, 7) is 4.49. The van der Waals surface area contributed by atoms with Gasteiger partial charge in [-0.1, -0.05) is 25.2 Å². The van der Waals surface area contributed by atoms with E-state index in [1.165, 1.54) is 19.3 Å². The lowest BCUT2D eigenvalue weighted by molar-refractivity contribution is -0.129. The molecule has 1 heterocycles. The van der Waals surface area contributed by atoms with Crippen LogP contribution in [0.3, 0.4) is 0 Å². The number of aliphatic hydroxyl groups is 1. The minimum atomic E-state index is -0.465. The average Bonchev–Trinajstić information content (AvgIpc) is 2.56. The molecule has 0 aromatic rings. The third-order valence-corrected chi connectivity index (χ3v) is 5.52. The maximum atomic E-state index is 12.6. The maximum absolute atomic E-state index is 12.6. The summed E-state index contributed by atoms with van der Waals surface area (Å²) >= 11 is 0. The molecule has 1 aliphatic carbocycles. The van der Waals surface area contributed by atoms with Crippen LogP contribution in [-0.4, -0.2) is 47.7 Å². The van der Waals surface area contributed by atoms with Gasteiger partial charge in [0.1, 0.15) is 0 Å². The van der Waals surface area contributed by atoms with Crippen molar-refractivity contribution in [3.8, 4) is 12.3 Å². The van der Waals surface area contributed by atoms with Gasteiger partial charge in [0.15, 0.2) is 0 Å². The molecule has 0 aromatic heterocycles. The molecule has 1 atom stereocenters. The van der Waals surface area contributed by atoms with Crippen LogP contribution in [0.15, 0.2) is 0 Å². The van der Waals surface area contributed by atoms with Gasteiger partial charge in [-0.15, -0.1) is 6.42 Å². The van der Waals surface area contributed by atoms with E-state index in [0.29, 0.717) is 12.5 Å². The summed E-state index contributed by atoms with van der Waals surface area (Å²) < 4.78 is 0. The number of terminal acetylenes is 1. The molecule has 2 rings (SSSR count). The number of aliphatic hydroxyl groups excluding tert-OH is 1. The zero-order valence-electron chi connectivity index (χ0n) is 13.8. The molecule has 1 unspecified atom stereocenters. The number of nitrogens with zero attached hydrogens (tertiary/aromatic N) is 1. The number of hydrogen-bond donors (Lipinski definition) is 2. The summed E-state index contributed by atoms with van der Waals surface area (Å²) in [6.07, 6.45) is 13.0. The first-order valence-electron chi connectivity index (χ1n) is 8.68. The van der Waals surface area contributed by atoms with Crippen molar-refractivity contribution in [3.05, 3.63) is 0 Å². The molecule has 124 valence electrons. The molecule has 2 fully saturated rings. The zero-order valence-corrected chi connectivity index (χ0v) is 13.8. The molecule has 4 heteroatoms. The topological polar surface area (TPSA) is 52.6 Å². The number of hydrogen-bond acceptors (Lipinski definition) is 3. The lowest BCUT2D eigenvalue weighted by atomic mass is 9.75. The van der Waals surface area contributed by atoms with Crippen molar-refractivity contribution < 1.29 is 9.90 Å². The monoisotopic (exact) mass is 306 g/mol. The standard InChI is InChI=1S/C18H30N2O2/c1-3-11-20-12-9-15(10-13-20)17(22)19-18(2,14-21)16-7-5-4-6-8-16/h1,15-16,21H,4-14H2,2H3,(H,19,22). The van der Waals surface area contributed by atoms with Gasteiger partial charge in [0.2, 0.25) is 5.91 Å². The molecule has 1 saturated heterocycles. The Hall–Kier alpha value is -1.05. The highest BCUT2D eigenvalue weighted by molar-refractivity contribution is 5.79. The van der Waals surface area contributed by atoms with Crippen LogP contribution >= 0.6 is 0 Å². The number of amides is 1. The van der Waals surface area contributed by atoms with E-state index in [4.69, 9.17) is 6.42 Å². The van der Waals surface area contributed by atoms with Gasteiger partial charge in [-0.2, -0.15) is 0 Å². The quantitative estimate of drug-likeness (QED) is 0.761. The third-order valence-electron chi connectivity index (χ3n) is 5.52. The SMILES string of the molecule is C#CCN1CCC(C(=O)NC(C)(CO)C2CCCCC2)CC1. The van der Waals surface area contributed by atoms with E-state index in [1.807, 2.05) is 6.92 Å². The molecule has 0 spiro atoms. The van der Waals surface area contributed by atoms with Crippen LogP contribution in [0.1, 0.15) is 51.9 Å². The molecule has 1 amide bonds. The van der Waals surface area contributed by atoms with Crippen molar-refractivity contribution in [1.29, 1.82) is 0 Å². The van der Waals surface area contributed by atoms with Crippen molar-refractivity contribution in [3.63, 3.8) is 0 Å². The van der Waals surface area contributed by atoms with Crippen LogP contribution in [0, 0.1) is 24.2 Å². The van der Waals surface area contributed by atoms with Crippen LogP contribution in [0.2, 0.25) is 0 Å². The van der Waals surface area contributed by atoms with E-state index in [2.05, 4.69) is 16.1 Å². The zero-order chi connectivity index (χ0) is 16.0. The molecule has 4 nitrogen and oxygen atoms in total. The van der Waals surface area contributed by atoms with Crippen molar-refractivity contribution in [1.82, 2.24) is 10.2 Å².